The van der Waals surface area contributed by atoms with Crippen LogP contribution >= 0.6 is 0 Å². The summed E-state index contributed by atoms with van der Waals surface area (Å²) in [7, 11) is 0. The van der Waals surface area contributed by atoms with E-state index in [4.69, 9.17) is 0 Å². The summed E-state index contributed by atoms with van der Waals surface area (Å²) in [6.45, 7) is 3.52. The molecule has 0 unspecified atom stereocenters. The molecule has 1 N–H and O–H groups in total. The third-order valence-electron chi connectivity index (χ3n) is 3.02. The van der Waals surface area contributed by atoms with E-state index in [1.54, 1.807) is 24.3 Å². The van der Waals surface area contributed by atoms with Crippen molar-refractivity contribution in [2.45, 2.75) is 20.3 Å². The lowest BCUT2D eigenvalue weighted by atomic mass is 10.1. The van der Waals surface area contributed by atoms with Gasteiger partial charge in [0.15, 0.2) is 5.78 Å². The number of amides is 1. The van der Waals surface area contributed by atoms with Crippen molar-refractivity contribution in [2.24, 2.45) is 0 Å². The van der Waals surface area contributed by atoms with Crippen molar-refractivity contribution >= 4 is 17.4 Å². The molecule has 1 amide bonds. The van der Waals surface area contributed by atoms with E-state index < -0.39 is 0 Å². The summed E-state index contributed by atoms with van der Waals surface area (Å²) in [5, 5.41) is 2.83. The fourth-order valence-electron chi connectivity index (χ4n) is 2.00. The molecule has 0 aliphatic carbocycles. The number of carbonyl (C=O) groups is 2. The van der Waals surface area contributed by atoms with Gasteiger partial charge in [0, 0.05) is 11.3 Å². The zero-order valence-corrected chi connectivity index (χ0v) is 11.6. The van der Waals surface area contributed by atoms with Gasteiger partial charge in [0.2, 0.25) is 5.91 Å². The molecule has 0 spiro atoms. The van der Waals surface area contributed by atoms with E-state index in [2.05, 4.69) is 5.32 Å². The first kappa shape index (κ1) is 14.0. The Morgan fingerprint density at radius 2 is 1.75 bits per heavy atom. The Bertz CT molecular complexity index is 630. The van der Waals surface area contributed by atoms with E-state index in [-0.39, 0.29) is 11.7 Å². The molecule has 0 bridgehead atoms. The Morgan fingerprint density at radius 3 is 2.35 bits per heavy atom. The third-order valence-corrected chi connectivity index (χ3v) is 3.02. The van der Waals surface area contributed by atoms with E-state index >= 15 is 0 Å². The van der Waals surface area contributed by atoms with Gasteiger partial charge in [-0.25, -0.2) is 0 Å². The van der Waals surface area contributed by atoms with E-state index in [9.17, 15) is 9.59 Å². The maximum absolute atomic E-state index is 11.9. The zero-order chi connectivity index (χ0) is 14.5. The highest BCUT2D eigenvalue weighted by atomic mass is 16.1. The molecule has 20 heavy (non-hydrogen) atoms. The standard InChI is InChI=1S/C17H17NO2/c1-12-4-3-5-14(10-12)11-17(20)18-16-8-6-15(7-9-16)13(2)19/h3-10H,11H2,1-2H3,(H,18,20). The first-order chi connectivity index (χ1) is 9.54. The molecule has 0 fully saturated rings. The minimum Gasteiger partial charge on any atom is -0.326 e. The Morgan fingerprint density at radius 1 is 1.05 bits per heavy atom. The van der Waals surface area contributed by atoms with Gasteiger partial charge in [-0.1, -0.05) is 29.8 Å². The Balaban J connectivity index is 1.99. The van der Waals surface area contributed by atoms with Gasteiger partial charge >= 0.3 is 0 Å². The van der Waals surface area contributed by atoms with Gasteiger partial charge in [-0.2, -0.15) is 0 Å². The van der Waals surface area contributed by atoms with Crippen LogP contribution in [0.4, 0.5) is 5.69 Å². The molecule has 2 rings (SSSR count). The second-order valence-corrected chi connectivity index (χ2v) is 4.85. The Labute approximate surface area is 118 Å². The van der Waals surface area contributed by atoms with Crippen LogP contribution in [0.5, 0.6) is 0 Å². The number of carbonyl (C=O) groups excluding carboxylic acids is 2. The van der Waals surface area contributed by atoms with E-state index in [0.717, 1.165) is 11.1 Å². The predicted octanol–water partition coefficient (Wildman–Crippen LogP) is 3.38. The molecule has 0 saturated heterocycles. The van der Waals surface area contributed by atoms with Crippen LogP contribution in [0.2, 0.25) is 0 Å². The quantitative estimate of drug-likeness (QED) is 0.863. The summed E-state index contributed by atoms with van der Waals surface area (Å²) < 4.78 is 0. The monoisotopic (exact) mass is 267 g/mol. The summed E-state index contributed by atoms with van der Waals surface area (Å²) >= 11 is 0. The van der Waals surface area contributed by atoms with Gasteiger partial charge in [0.1, 0.15) is 0 Å². The molecule has 0 radical (unpaired) electrons. The second-order valence-electron chi connectivity index (χ2n) is 4.85. The lowest BCUT2D eigenvalue weighted by Gasteiger charge is -2.06. The SMILES string of the molecule is CC(=O)c1ccc(NC(=O)Cc2cccc(C)c2)cc1. The first-order valence-electron chi connectivity index (χ1n) is 6.51. The molecule has 3 nitrogen and oxygen atoms in total. The number of aryl methyl sites for hydroxylation is 1. The van der Waals surface area contributed by atoms with Gasteiger partial charge < -0.3 is 5.32 Å². The van der Waals surface area contributed by atoms with Crippen molar-refractivity contribution in [1.82, 2.24) is 0 Å². The highest BCUT2D eigenvalue weighted by Gasteiger charge is 2.05. The zero-order valence-electron chi connectivity index (χ0n) is 11.6. The fraction of sp³-hybridized carbons (Fsp3) is 0.176. The van der Waals surface area contributed by atoms with Crippen molar-refractivity contribution in [2.75, 3.05) is 5.32 Å². The third kappa shape index (κ3) is 3.79. The average Bonchev–Trinajstić information content (AvgIpc) is 2.39. The molecular formula is C17H17NO2. The van der Waals surface area contributed by atoms with Crippen LogP contribution in [0, 0.1) is 6.92 Å². The van der Waals surface area contributed by atoms with Gasteiger partial charge in [0.25, 0.3) is 0 Å². The number of anilines is 1. The molecule has 0 aliphatic rings. The van der Waals surface area contributed by atoms with Crippen molar-refractivity contribution in [3.8, 4) is 0 Å². The maximum atomic E-state index is 11.9. The van der Waals surface area contributed by atoms with Crippen LogP contribution in [-0.4, -0.2) is 11.7 Å². The molecule has 2 aromatic carbocycles. The van der Waals surface area contributed by atoms with Gasteiger partial charge in [-0.05, 0) is 43.7 Å². The molecule has 3 heteroatoms. The largest absolute Gasteiger partial charge is 0.326 e. The lowest BCUT2D eigenvalue weighted by molar-refractivity contribution is -0.115. The topological polar surface area (TPSA) is 46.2 Å². The number of Topliss-reactive ketones (excluding diaryl/α,β-unsaturated/α-hetero) is 1. The molecule has 2 aromatic rings. The fourth-order valence-corrected chi connectivity index (χ4v) is 2.00. The van der Waals surface area contributed by atoms with Crippen LogP contribution in [-0.2, 0) is 11.2 Å². The van der Waals surface area contributed by atoms with Crippen LogP contribution in [0.15, 0.2) is 48.5 Å². The van der Waals surface area contributed by atoms with Gasteiger partial charge in [0.05, 0.1) is 6.42 Å². The minimum atomic E-state index is -0.0637. The number of hydrogen-bond donors (Lipinski definition) is 1. The molecule has 0 aromatic heterocycles. The predicted molar refractivity (Wildman–Crippen MR) is 80.0 cm³/mol. The number of rotatable bonds is 4. The summed E-state index contributed by atoms with van der Waals surface area (Å²) in [4.78, 5) is 23.1. The van der Waals surface area contributed by atoms with Crippen molar-refractivity contribution in [3.05, 3.63) is 65.2 Å². The summed E-state index contributed by atoms with van der Waals surface area (Å²) in [6.07, 6.45) is 0.343. The number of hydrogen-bond acceptors (Lipinski definition) is 2. The molecule has 0 atom stereocenters. The average molecular weight is 267 g/mol. The second kappa shape index (κ2) is 6.15. The van der Waals surface area contributed by atoms with Crippen molar-refractivity contribution in [3.63, 3.8) is 0 Å². The highest BCUT2D eigenvalue weighted by molar-refractivity contribution is 5.96. The Kier molecular flexibility index (Phi) is 4.31. The lowest BCUT2D eigenvalue weighted by Crippen LogP contribution is -2.14. The number of nitrogens with one attached hydrogen (secondary N) is 1. The number of benzene rings is 2. The summed E-state index contributed by atoms with van der Waals surface area (Å²) in [6, 6.07) is 14.8. The Hall–Kier alpha value is -2.42. The van der Waals surface area contributed by atoms with Crippen LogP contribution in [0.25, 0.3) is 0 Å². The summed E-state index contributed by atoms with van der Waals surface area (Å²) in [5.74, 6) is -0.0474. The normalized spacial score (nSPS) is 10.1. The van der Waals surface area contributed by atoms with E-state index in [1.807, 2.05) is 31.2 Å². The maximum Gasteiger partial charge on any atom is 0.228 e. The highest BCUT2D eigenvalue weighted by Crippen LogP contribution is 2.11. The first-order valence-corrected chi connectivity index (χ1v) is 6.51. The molecule has 0 aliphatic heterocycles. The number of ketones is 1. The van der Waals surface area contributed by atoms with Crippen molar-refractivity contribution < 1.29 is 9.59 Å². The molecule has 0 saturated carbocycles. The van der Waals surface area contributed by atoms with E-state index in [0.29, 0.717) is 17.7 Å². The molecular weight excluding hydrogens is 250 g/mol. The summed E-state index contributed by atoms with van der Waals surface area (Å²) in [5.41, 5.74) is 3.47. The van der Waals surface area contributed by atoms with Crippen LogP contribution in [0.3, 0.4) is 0 Å². The molecule has 102 valence electrons. The van der Waals surface area contributed by atoms with Gasteiger partial charge in [-0.15, -0.1) is 0 Å². The van der Waals surface area contributed by atoms with Crippen molar-refractivity contribution in [1.29, 1.82) is 0 Å². The van der Waals surface area contributed by atoms with Crippen LogP contribution < -0.4 is 5.32 Å². The smallest absolute Gasteiger partial charge is 0.228 e. The van der Waals surface area contributed by atoms with E-state index in [1.165, 1.54) is 6.92 Å². The van der Waals surface area contributed by atoms with Gasteiger partial charge in [-0.3, -0.25) is 9.59 Å². The van der Waals surface area contributed by atoms with Crippen LogP contribution in [0.1, 0.15) is 28.4 Å². The molecule has 0 heterocycles. The minimum absolute atomic E-state index is 0.0163.